The van der Waals surface area contributed by atoms with Crippen LogP contribution in [-0.2, 0) is 14.4 Å². The summed E-state index contributed by atoms with van der Waals surface area (Å²) in [4.78, 5) is 33.8. The summed E-state index contributed by atoms with van der Waals surface area (Å²) >= 11 is 0. The molecule has 7 nitrogen and oxygen atoms in total. The Labute approximate surface area is 122 Å². The molecule has 0 aliphatic rings. The Kier molecular flexibility index (Phi) is 5.29. The van der Waals surface area contributed by atoms with Crippen LogP contribution in [0.4, 0.5) is 5.69 Å². The van der Waals surface area contributed by atoms with Gasteiger partial charge in [-0.15, -0.1) is 0 Å². The normalized spacial score (nSPS) is 10.6. The molecule has 1 aromatic carbocycles. The third-order valence-corrected chi connectivity index (χ3v) is 2.86. The fourth-order valence-corrected chi connectivity index (χ4v) is 1.24. The van der Waals surface area contributed by atoms with Gasteiger partial charge in [0.15, 0.2) is 6.61 Å². The zero-order valence-corrected chi connectivity index (χ0v) is 12.1. The van der Waals surface area contributed by atoms with Crippen LogP contribution in [0.2, 0.25) is 0 Å². The van der Waals surface area contributed by atoms with Crippen molar-refractivity contribution in [3.63, 3.8) is 0 Å². The summed E-state index contributed by atoms with van der Waals surface area (Å²) in [5, 5.41) is 13.9. The van der Waals surface area contributed by atoms with Crippen LogP contribution in [0.3, 0.4) is 0 Å². The van der Waals surface area contributed by atoms with Crippen molar-refractivity contribution < 1.29 is 24.2 Å². The third-order valence-electron chi connectivity index (χ3n) is 2.86. The van der Waals surface area contributed by atoms with Gasteiger partial charge in [-0.05, 0) is 38.1 Å². The summed E-state index contributed by atoms with van der Waals surface area (Å²) in [6.07, 6.45) is 0. The monoisotopic (exact) mass is 294 g/mol. The first-order valence-electron chi connectivity index (χ1n) is 6.25. The molecule has 0 atom stereocenters. The second kappa shape index (κ2) is 6.74. The summed E-state index contributed by atoms with van der Waals surface area (Å²) in [6.45, 7) is 2.55. The Morgan fingerprint density at radius 3 is 2.24 bits per heavy atom. The smallest absolute Gasteiger partial charge is 0.318 e. The van der Waals surface area contributed by atoms with Crippen molar-refractivity contribution in [2.24, 2.45) is 5.41 Å². The van der Waals surface area contributed by atoms with Crippen molar-refractivity contribution in [3.8, 4) is 5.75 Å². The summed E-state index contributed by atoms with van der Waals surface area (Å²) in [7, 11) is 1.51. The van der Waals surface area contributed by atoms with E-state index in [0.717, 1.165) is 0 Å². The van der Waals surface area contributed by atoms with Gasteiger partial charge in [-0.3, -0.25) is 14.4 Å². The fourth-order valence-electron chi connectivity index (χ4n) is 1.24. The highest BCUT2D eigenvalue weighted by Crippen LogP contribution is 2.20. The van der Waals surface area contributed by atoms with Gasteiger partial charge in [0.05, 0.1) is 0 Å². The van der Waals surface area contributed by atoms with E-state index < -0.39 is 17.3 Å². The maximum absolute atomic E-state index is 11.8. The number of carbonyl (C=O) groups is 3. The van der Waals surface area contributed by atoms with Crippen LogP contribution < -0.4 is 15.4 Å². The lowest BCUT2D eigenvalue weighted by Gasteiger charge is -2.18. The maximum atomic E-state index is 11.8. The van der Waals surface area contributed by atoms with Crippen molar-refractivity contribution in [3.05, 3.63) is 24.3 Å². The number of benzene rings is 1. The molecule has 0 unspecified atom stereocenters. The molecule has 21 heavy (non-hydrogen) atoms. The van der Waals surface area contributed by atoms with Gasteiger partial charge in [0.1, 0.15) is 11.2 Å². The van der Waals surface area contributed by atoms with Crippen molar-refractivity contribution in [2.75, 3.05) is 19.0 Å². The molecule has 0 saturated heterocycles. The Morgan fingerprint density at radius 2 is 1.76 bits per heavy atom. The van der Waals surface area contributed by atoms with Crippen LogP contribution in [-0.4, -0.2) is 36.5 Å². The quantitative estimate of drug-likeness (QED) is 0.675. The number of ether oxygens (including phenoxy) is 1. The number of rotatable bonds is 6. The molecule has 114 valence electrons. The van der Waals surface area contributed by atoms with Crippen LogP contribution in [0.15, 0.2) is 24.3 Å². The molecule has 1 rings (SSSR count). The van der Waals surface area contributed by atoms with Crippen molar-refractivity contribution in [1.82, 2.24) is 5.32 Å². The number of likely N-dealkylation sites (N-methyl/N-ethyl adjacent to an activating group) is 1. The Hall–Kier alpha value is -2.57. The highest BCUT2D eigenvalue weighted by molar-refractivity contribution is 6.07. The molecule has 0 aliphatic heterocycles. The van der Waals surface area contributed by atoms with E-state index in [4.69, 9.17) is 9.84 Å². The van der Waals surface area contributed by atoms with Gasteiger partial charge >= 0.3 is 5.97 Å². The van der Waals surface area contributed by atoms with Gasteiger partial charge in [-0.1, -0.05) is 0 Å². The molecule has 0 fully saturated rings. The Balaban J connectivity index is 2.65. The number of carboxylic acid groups (broad SMARTS) is 1. The zero-order chi connectivity index (χ0) is 16.0. The number of carboxylic acids is 1. The summed E-state index contributed by atoms with van der Waals surface area (Å²) in [6, 6.07) is 6.28. The molecule has 0 saturated carbocycles. The van der Waals surface area contributed by atoms with E-state index in [1.807, 2.05) is 0 Å². The van der Waals surface area contributed by atoms with E-state index in [0.29, 0.717) is 11.4 Å². The summed E-state index contributed by atoms with van der Waals surface area (Å²) in [5.41, 5.74) is -1.07. The Morgan fingerprint density at radius 1 is 1.19 bits per heavy atom. The number of carbonyl (C=O) groups excluding carboxylic acids is 2. The first kappa shape index (κ1) is 16.5. The minimum absolute atomic E-state index is 0.103. The van der Waals surface area contributed by atoms with Crippen molar-refractivity contribution >= 4 is 23.5 Å². The predicted octanol–water partition coefficient (Wildman–Crippen LogP) is 0.861. The standard InChI is InChI=1S/C14H18N2O5/c1-14(2,13(19)20)12(18)16-9-4-6-10(7-5-9)21-8-11(17)15-3/h4-7H,8H2,1-3H3,(H,15,17)(H,16,18)(H,19,20). The zero-order valence-electron chi connectivity index (χ0n) is 12.1. The highest BCUT2D eigenvalue weighted by Gasteiger charge is 2.35. The SMILES string of the molecule is CNC(=O)COc1ccc(NC(=O)C(C)(C)C(=O)O)cc1. The molecular weight excluding hydrogens is 276 g/mol. The number of aliphatic carboxylic acids is 1. The second-order valence-corrected chi connectivity index (χ2v) is 4.87. The van der Waals surface area contributed by atoms with Crippen molar-refractivity contribution in [1.29, 1.82) is 0 Å². The van der Waals surface area contributed by atoms with Gasteiger partial charge in [0, 0.05) is 12.7 Å². The highest BCUT2D eigenvalue weighted by atomic mass is 16.5. The van der Waals surface area contributed by atoms with Crippen LogP contribution in [0.25, 0.3) is 0 Å². The molecule has 0 bridgehead atoms. The predicted molar refractivity (Wildman–Crippen MR) is 76.1 cm³/mol. The van der Waals surface area contributed by atoms with E-state index in [2.05, 4.69) is 10.6 Å². The average molecular weight is 294 g/mol. The molecule has 1 aromatic rings. The molecule has 7 heteroatoms. The first-order valence-corrected chi connectivity index (χ1v) is 6.25. The molecule has 0 heterocycles. The van der Waals surface area contributed by atoms with Gasteiger partial charge in [-0.2, -0.15) is 0 Å². The second-order valence-electron chi connectivity index (χ2n) is 4.87. The average Bonchev–Trinajstić information content (AvgIpc) is 2.45. The topological polar surface area (TPSA) is 105 Å². The lowest BCUT2D eigenvalue weighted by molar-refractivity contribution is -0.151. The van der Waals surface area contributed by atoms with Crippen LogP contribution in [0.1, 0.15) is 13.8 Å². The number of hydrogen-bond acceptors (Lipinski definition) is 4. The molecule has 3 N–H and O–H groups in total. The van der Waals surface area contributed by atoms with E-state index in [1.54, 1.807) is 24.3 Å². The summed E-state index contributed by atoms with van der Waals surface area (Å²) in [5.74, 6) is -1.61. The fraction of sp³-hybridized carbons (Fsp3) is 0.357. The van der Waals surface area contributed by atoms with E-state index >= 15 is 0 Å². The molecule has 0 aromatic heterocycles. The van der Waals surface area contributed by atoms with Crippen LogP contribution in [0.5, 0.6) is 5.75 Å². The number of amides is 2. The summed E-state index contributed by atoms with van der Waals surface area (Å²) < 4.78 is 5.21. The Bertz CT molecular complexity index is 537. The minimum atomic E-state index is -1.52. The minimum Gasteiger partial charge on any atom is -0.484 e. The number of anilines is 1. The maximum Gasteiger partial charge on any atom is 0.318 e. The molecule has 2 amide bonds. The lowest BCUT2D eigenvalue weighted by Crippen LogP contribution is -2.37. The number of hydrogen-bond donors (Lipinski definition) is 3. The van der Waals surface area contributed by atoms with Crippen LogP contribution >= 0.6 is 0 Å². The van der Waals surface area contributed by atoms with Crippen molar-refractivity contribution in [2.45, 2.75) is 13.8 Å². The third kappa shape index (κ3) is 4.48. The molecular formula is C14H18N2O5. The lowest BCUT2D eigenvalue weighted by atomic mass is 9.92. The largest absolute Gasteiger partial charge is 0.484 e. The van der Waals surface area contributed by atoms with E-state index in [-0.39, 0.29) is 12.5 Å². The first-order chi connectivity index (χ1) is 9.77. The van der Waals surface area contributed by atoms with Gasteiger partial charge < -0.3 is 20.5 Å². The van der Waals surface area contributed by atoms with Gasteiger partial charge in [0.2, 0.25) is 5.91 Å². The van der Waals surface area contributed by atoms with Gasteiger partial charge in [-0.25, -0.2) is 0 Å². The number of nitrogens with one attached hydrogen (secondary N) is 2. The molecule has 0 spiro atoms. The van der Waals surface area contributed by atoms with E-state index in [1.165, 1.54) is 20.9 Å². The van der Waals surface area contributed by atoms with Crippen LogP contribution in [0, 0.1) is 5.41 Å². The van der Waals surface area contributed by atoms with Gasteiger partial charge in [0.25, 0.3) is 5.91 Å². The molecule has 0 aliphatic carbocycles. The molecule has 0 radical (unpaired) electrons. The van der Waals surface area contributed by atoms with E-state index in [9.17, 15) is 14.4 Å².